The molecule has 5 nitrogen and oxygen atoms in total. The Hall–Kier alpha value is -1.04. The predicted molar refractivity (Wildman–Crippen MR) is 77.1 cm³/mol. The van der Waals surface area contributed by atoms with Crippen LogP contribution in [0.5, 0.6) is 0 Å². The Bertz CT molecular complexity index is 415. The minimum absolute atomic E-state index is 0.185. The van der Waals surface area contributed by atoms with Crippen molar-refractivity contribution in [2.75, 3.05) is 6.54 Å². The number of rotatable bonds is 2. The third-order valence-electron chi connectivity index (χ3n) is 3.09. The van der Waals surface area contributed by atoms with Crippen LogP contribution in [0.3, 0.4) is 0 Å². The summed E-state index contributed by atoms with van der Waals surface area (Å²) in [6.07, 6.45) is 2.04. The second-order valence-corrected chi connectivity index (χ2v) is 7.59. The summed E-state index contributed by atoms with van der Waals surface area (Å²) in [5, 5.41) is 6.82. The molecule has 106 valence electrons. The number of hydrogen-bond donors (Lipinski definition) is 2. The topological polar surface area (TPSA) is 70.6 Å². The van der Waals surface area contributed by atoms with Gasteiger partial charge in [-0.1, -0.05) is 32.5 Å². The first kappa shape index (κ1) is 14.4. The van der Waals surface area contributed by atoms with Crippen LogP contribution in [0.1, 0.15) is 40.0 Å². The SMILES string of the molecule is CC(C)(C)CC1CN=C(NC2CCC(=O)NC2=O)S1. The molecule has 0 bridgehead atoms. The number of hydrogen-bond acceptors (Lipinski definition) is 5. The molecule has 0 aromatic carbocycles. The van der Waals surface area contributed by atoms with E-state index in [1.54, 1.807) is 11.8 Å². The molecule has 0 radical (unpaired) electrons. The molecule has 2 amide bonds. The van der Waals surface area contributed by atoms with Crippen LogP contribution >= 0.6 is 11.8 Å². The molecule has 2 N–H and O–H groups in total. The second kappa shape index (κ2) is 5.53. The number of carbonyl (C=O) groups is 2. The van der Waals surface area contributed by atoms with Crippen LogP contribution in [0.4, 0.5) is 0 Å². The maximum Gasteiger partial charge on any atom is 0.249 e. The number of nitrogens with one attached hydrogen (secondary N) is 2. The van der Waals surface area contributed by atoms with E-state index in [1.165, 1.54) is 0 Å². The molecule has 1 fully saturated rings. The molecule has 2 aliphatic heterocycles. The summed E-state index contributed by atoms with van der Waals surface area (Å²) in [6.45, 7) is 7.47. The van der Waals surface area contributed by atoms with Crippen LogP contribution in [0, 0.1) is 5.41 Å². The van der Waals surface area contributed by atoms with Gasteiger partial charge in [0.05, 0.1) is 6.54 Å². The highest BCUT2D eigenvalue weighted by Crippen LogP contribution is 2.31. The fourth-order valence-electron chi connectivity index (χ4n) is 2.27. The molecular weight excluding hydrogens is 262 g/mol. The van der Waals surface area contributed by atoms with Gasteiger partial charge in [-0.3, -0.25) is 19.9 Å². The number of aliphatic imine (C=N–C) groups is 1. The summed E-state index contributed by atoms with van der Waals surface area (Å²) in [5.41, 5.74) is 0.289. The van der Waals surface area contributed by atoms with Gasteiger partial charge < -0.3 is 5.32 Å². The molecule has 2 aliphatic rings. The number of nitrogens with zero attached hydrogens (tertiary/aromatic N) is 1. The van der Waals surface area contributed by atoms with Crippen LogP contribution in [-0.2, 0) is 9.59 Å². The van der Waals surface area contributed by atoms with Crippen LogP contribution in [0.15, 0.2) is 4.99 Å². The van der Waals surface area contributed by atoms with Crippen molar-refractivity contribution in [3.05, 3.63) is 0 Å². The van der Waals surface area contributed by atoms with E-state index in [-0.39, 0.29) is 23.3 Å². The van der Waals surface area contributed by atoms with Crippen molar-refractivity contribution in [1.29, 1.82) is 0 Å². The van der Waals surface area contributed by atoms with E-state index in [1.807, 2.05) is 0 Å². The Morgan fingerprint density at radius 2 is 2.16 bits per heavy atom. The van der Waals surface area contributed by atoms with Gasteiger partial charge in [-0.15, -0.1) is 0 Å². The van der Waals surface area contributed by atoms with Gasteiger partial charge in [0.15, 0.2) is 5.17 Å². The summed E-state index contributed by atoms with van der Waals surface area (Å²) in [6, 6.07) is -0.322. The molecule has 2 rings (SSSR count). The average molecular weight is 283 g/mol. The van der Waals surface area contributed by atoms with E-state index in [2.05, 4.69) is 36.4 Å². The molecule has 2 heterocycles. The monoisotopic (exact) mass is 283 g/mol. The Labute approximate surface area is 118 Å². The summed E-state index contributed by atoms with van der Waals surface area (Å²) in [5.74, 6) is -0.423. The lowest BCUT2D eigenvalue weighted by atomic mass is 9.90. The third-order valence-corrected chi connectivity index (χ3v) is 4.21. The highest BCUT2D eigenvalue weighted by atomic mass is 32.2. The maximum atomic E-state index is 11.6. The van der Waals surface area contributed by atoms with Crippen LogP contribution < -0.4 is 10.6 Å². The Balaban J connectivity index is 1.82. The van der Waals surface area contributed by atoms with Crippen LogP contribution in [-0.4, -0.2) is 34.8 Å². The lowest BCUT2D eigenvalue weighted by Crippen LogP contribution is -2.51. The van der Waals surface area contributed by atoms with E-state index in [4.69, 9.17) is 0 Å². The van der Waals surface area contributed by atoms with E-state index in [9.17, 15) is 9.59 Å². The van der Waals surface area contributed by atoms with Gasteiger partial charge in [0, 0.05) is 11.7 Å². The summed E-state index contributed by atoms with van der Waals surface area (Å²) in [7, 11) is 0. The van der Waals surface area contributed by atoms with Gasteiger partial charge in [-0.05, 0) is 18.3 Å². The van der Waals surface area contributed by atoms with E-state index < -0.39 is 0 Å². The fraction of sp³-hybridized carbons (Fsp3) is 0.769. The number of imide groups is 1. The van der Waals surface area contributed by atoms with E-state index in [0.29, 0.717) is 18.1 Å². The summed E-state index contributed by atoms with van der Waals surface area (Å²) >= 11 is 1.71. The summed E-state index contributed by atoms with van der Waals surface area (Å²) in [4.78, 5) is 27.2. The number of amidine groups is 1. The number of amides is 2. The van der Waals surface area contributed by atoms with Gasteiger partial charge in [-0.25, -0.2) is 0 Å². The summed E-state index contributed by atoms with van der Waals surface area (Å²) < 4.78 is 0. The van der Waals surface area contributed by atoms with Crippen molar-refractivity contribution in [3.8, 4) is 0 Å². The standard InChI is InChI=1S/C13H21N3O2S/c1-13(2,3)6-8-7-14-12(19-8)15-9-4-5-10(17)16-11(9)18/h8-9H,4-7H2,1-3H3,(H,14,15)(H,16,17,18). The number of carbonyl (C=O) groups excluding carboxylic acids is 2. The van der Waals surface area contributed by atoms with E-state index >= 15 is 0 Å². The third kappa shape index (κ3) is 4.23. The molecule has 0 aromatic heterocycles. The minimum Gasteiger partial charge on any atom is -0.353 e. The largest absolute Gasteiger partial charge is 0.353 e. The predicted octanol–water partition coefficient (Wildman–Crippen LogP) is 1.29. The fourth-order valence-corrected chi connectivity index (χ4v) is 3.67. The first-order valence-corrected chi connectivity index (χ1v) is 7.53. The molecule has 0 saturated carbocycles. The van der Waals surface area contributed by atoms with Crippen LogP contribution in [0.2, 0.25) is 0 Å². The molecule has 2 atom stereocenters. The Morgan fingerprint density at radius 1 is 1.42 bits per heavy atom. The van der Waals surface area contributed by atoms with Crippen molar-refractivity contribution in [2.45, 2.75) is 51.3 Å². The Kier molecular flexibility index (Phi) is 4.18. The molecular formula is C13H21N3O2S. The van der Waals surface area contributed by atoms with Gasteiger partial charge in [-0.2, -0.15) is 0 Å². The normalized spacial score (nSPS) is 28.1. The first-order valence-electron chi connectivity index (χ1n) is 6.65. The lowest BCUT2D eigenvalue weighted by molar-refractivity contribution is -0.134. The number of thioether (sulfide) groups is 1. The smallest absolute Gasteiger partial charge is 0.249 e. The molecule has 0 aromatic rings. The van der Waals surface area contributed by atoms with Gasteiger partial charge in [0.2, 0.25) is 11.8 Å². The van der Waals surface area contributed by atoms with Crippen molar-refractivity contribution >= 4 is 28.7 Å². The zero-order valence-electron chi connectivity index (χ0n) is 11.7. The van der Waals surface area contributed by atoms with Crippen molar-refractivity contribution in [3.63, 3.8) is 0 Å². The zero-order chi connectivity index (χ0) is 14.0. The molecule has 2 unspecified atom stereocenters. The first-order chi connectivity index (χ1) is 8.83. The molecule has 19 heavy (non-hydrogen) atoms. The van der Waals surface area contributed by atoms with Crippen molar-refractivity contribution in [1.82, 2.24) is 10.6 Å². The van der Waals surface area contributed by atoms with Gasteiger partial charge in [0.1, 0.15) is 6.04 Å². The lowest BCUT2D eigenvalue weighted by Gasteiger charge is -2.24. The maximum absolute atomic E-state index is 11.6. The average Bonchev–Trinajstić information content (AvgIpc) is 2.67. The Morgan fingerprint density at radius 3 is 2.79 bits per heavy atom. The van der Waals surface area contributed by atoms with Crippen molar-refractivity contribution in [2.24, 2.45) is 10.4 Å². The molecule has 1 saturated heterocycles. The van der Waals surface area contributed by atoms with Gasteiger partial charge in [0.25, 0.3) is 0 Å². The molecule has 6 heteroatoms. The quantitative estimate of drug-likeness (QED) is 0.749. The number of piperidine rings is 1. The van der Waals surface area contributed by atoms with Gasteiger partial charge >= 0.3 is 0 Å². The molecule has 0 spiro atoms. The second-order valence-electron chi connectivity index (χ2n) is 6.30. The van der Waals surface area contributed by atoms with Crippen LogP contribution in [0.25, 0.3) is 0 Å². The highest BCUT2D eigenvalue weighted by molar-refractivity contribution is 8.14. The van der Waals surface area contributed by atoms with Crippen molar-refractivity contribution < 1.29 is 9.59 Å². The molecule has 0 aliphatic carbocycles. The zero-order valence-corrected chi connectivity index (χ0v) is 12.5. The van der Waals surface area contributed by atoms with E-state index in [0.717, 1.165) is 18.1 Å². The highest BCUT2D eigenvalue weighted by Gasteiger charge is 2.30. The minimum atomic E-state index is -0.322.